The Kier molecular flexibility index (Phi) is 3.43. The average molecular weight is 198 g/mol. The summed E-state index contributed by atoms with van der Waals surface area (Å²) in [6.07, 6.45) is 1.63. The standard InChI is InChI=1S/C7H14N6O/c1-13(2)12-11-7-5(3-6(8)14)9-4-10-7/h4,11-12H,3H2,1-2H3,(H2,8,14)(H,9,10). The van der Waals surface area contributed by atoms with E-state index in [4.69, 9.17) is 5.73 Å². The first-order valence-corrected chi connectivity index (χ1v) is 4.09. The quantitative estimate of drug-likeness (QED) is 0.447. The van der Waals surface area contributed by atoms with Gasteiger partial charge in [-0.15, -0.1) is 0 Å². The molecule has 0 aliphatic heterocycles. The summed E-state index contributed by atoms with van der Waals surface area (Å²) in [4.78, 5) is 17.5. The number of H-pyrrole nitrogens is 1. The molecule has 1 aromatic rings. The maximum Gasteiger partial charge on any atom is 0.223 e. The molecular formula is C7H14N6O. The molecule has 0 saturated carbocycles. The van der Waals surface area contributed by atoms with Gasteiger partial charge in [0.15, 0.2) is 5.82 Å². The topological polar surface area (TPSA) is 99.1 Å². The highest BCUT2D eigenvalue weighted by atomic mass is 16.1. The van der Waals surface area contributed by atoms with Crippen molar-refractivity contribution >= 4 is 11.7 Å². The summed E-state index contributed by atoms with van der Waals surface area (Å²) >= 11 is 0. The number of rotatable bonds is 5. The van der Waals surface area contributed by atoms with Crippen LogP contribution in [0.5, 0.6) is 0 Å². The Bertz CT molecular complexity index is 307. The van der Waals surface area contributed by atoms with Crippen LogP contribution in [0, 0.1) is 0 Å². The lowest BCUT2D eigenvalue weighted by molar-refractivity contribution is -0.117. The average Bonchev–Trinajstić information content (AvgIpc) is 2.47. The second-order valence-electron chi connectivity index (χ2n) is 3.00. The second-order valence-corrected chi connectivity index (χ2v) is 3.00. The second kappa shape index (κ2) is 4.58. The fourth-order valence-corrected chi connectivity index (χ4v) is 0.902. The number of anilines is 1. The Morgan fingerprint density at radius 3 is 3.00 bits per heavy atom. The Morgan fingerprint density at radius 2 is 2.43 bits per heavy atom. The monoisotopic (exact) mass is 198 g/mol. The SMILES string of the molecule is CN(C)NNc1nc[nH]c1CC(N)=O. The third-order valence-electron chi connectivity index (χ3n) is 1.47. The van der Waals surface area contributed by atoms with Crippen LogP contribution in [-0.4, -0.2) is 35.0 Å². The summed E-state index contributed by atoms with van der Waals surface area (Å²) in [6.45, 7) is 0. The smallest absolute Gasteiger partial charge is 0.223 e. The number of aromatic nitrogens is 2. The molecule has 0 aliphatic rings. The predicted molar refractivity (Wildman–Crippen MR) is 51.9 cm³/mol. The molecule has 1 amide bonds. The van der Waals surface area contributed by atoms with E-state index in [9.17, 15) is 4.79 Å². The van der Waals surface area contributed by atoms with Crippen LogP contribution in [0.1, 0.15) is 5.69 Å². The molecule has 0 saturated heterocycles. The van der Waals surface area contributed by atoms with Gasteiger partial charge < -0.3 is 10.7 Å². The van der Waals surface area contributed by atoms with Crippen molar-refractivity contribution in [3.05, 3.63) is 12.0 Å². The first kappa shape index (κ1) is 10.5. The van der Waals surface area contributed by atoms with Crippen molar-refractivity contribution in [3.8, 4) is 0 Å². The highest BCUT2D eigenvalue weighted by molar-refractivity contribution is 5.77. The van der Waals surface area contributed by atoms with Crippen LogP contribution in [0.3, 0.4) is 0 Å². The van der Waals surface area contributed by atoms with E-state index in [-0.39, 0.29) is 6.42 Å². The third-order valence-corrected chi connectivity index (χ3v) is 1.47. The minimum Gasteiger partial charge on any atom is -0.369 e. The van der Waals surface area contributed by atoms with Gasteiger partial charge in [-0.25, -0.2) is 9.99 Å². The number of primary amides is 1. The molecule has 0 spiro atoms. The van der Waals surface area contributed by atoms with E-state index in [1.165, 1.54) is 6.33 Å². The van der Waals surface area contributed by atoms with E-state index < -0.39 is 5.91 Å². The van der Waals surface area contributed by atoms with Crippen molar-refractivity contribution in [3.63, 3.8) is 0 Å². The van der Waals surface area contributed by atoms with E-state index in [1.54, 1.807) is 5.01 Å². The fraction of sp³-hybridized carbons (Fsp3) is 0.429. The first-order valence-electron chi connectivity index (χ1n) is 4.09. The van der Waals surface area contributed by atoms with E-state index in [0.29, 0.717) is 11.5 Å². The molecule has 0 bridgehead atoms. The highest BCUT2D eigenvalue weighted by Crippen LogP contribution is 2.07. The van der Waals surface area contributed by atoms with Crippen molar-refractivity contribution in [2.24, 2.45) is 5.73 Å². The fourth-order valence-electron chi connectivity index (χ4n) is 0.902. The van der Waals surface area contributed by atoms with Crippen LogP contribution < -0.4 is 16.7 Å². The molecule has 0 fully saturated rings. The molecule has 0 unspecified atom stereocenters. The molecule has 0 aromatic carbocycles. The van der Waals surface area contributed by atoms with Gasteiger partial charge in [0.2, 0.25) is 5.91 Å². The lowest BCUT2D eigenvalue weighted by atomic mass is 10.3. The molecule has 1 aromatic heterocycles. The van der Waals surface area contributed by atoms with Crippen LogP contribution in [0.15, 0.2) is 6.33 Å². The number of hydrazine groups is 2. The molecule has 7 nitrogen and oxygen atoms in total. The zero-order valence-electron chi connectivity index (χ0n) is 8.16. The van der Waals surface area contributed by atoms with Crippen molar-refractivity contribution in [2.75, 3.05) is 19.5 Å². The van der Waals surface area contributed by atoms with Crippen LogP contribution in [-0.2, 0) is 11.2 Å². The van der Waals surface area contributed by atoms with Crippen LogP contribution in [0.25, 0.3) is 0 Å². The lowest BCUT2D eigenvalue weighted by Crippen LogP contribution is -2.36. The number of hydrogen-bond donors (Lipinski definition) is 4. The predicted octanol–water partition coefficient (Wildman–Crippen LogP) is -1.17. The Balaban J connectivity index is 2.58. The van der Waals surface area contributed by atoms with Crippen molar-refractivity contribution in [1.29, 1.82) is 0 Å². The summed E-state index contributed by atoms with van der Waals surface area (Å²) in [5.41, 5.74) is 11.4. The number of nitrogens with two attached hydrogens (primary N) is 1. The summed E-state index contributed by atoms with van der Waals surface area (Å²) in [7, 11) is 3.65. The highest BCUT2D eigenvalue weighted by Gasteiger charge is 2.07. The molecule has 0 atom stereocenters. The third kappa shape index (κ3) is 3.04. The van der Waals surface area contributed by atoms with Gasteiger partial charge in [0.05, 0.1) is 18.4 Å². The van der Waals surface area contributed by atoms with Gasteiger partial charge in [-0.1, -0.05) is 0 Å². The number of imidazole rings is 1. The Morgan fingerprint density at radius 1 is 1.71 bits per heavy atom. The summed E-state index contributed by atoms with van der Waals surface area (Å²) in [6, 6.07) is 0. The molecule has 5 N–H and O–H groups in total. The largest absolute Gasteiger partial charge is 0.369 e. The molecule has 14 heavy (non-hydrogen) atoms. The van der Waals surface area contributed by atoms with Crippen LogP contribution in [0.2, 0.25) is 0 Å². The maximum absolute atomic E-state index is 10.7. The number of aromatic amines is 1. The van der Waals surface area contributed by atoms with Crippen LogP contribution >= 0.6 is 0 Å². The van der Waals surface area contributed by atoms with E-state index in [1.807, 2.05) is 14.1 Å². The van der Waals surface area contributed by atoms with Gasteiger partial charge in [-0.05, 0) is 0 Å². The van der Waals surface area contributed by atoms with Gasteiger partial charge in [-0.3, -0.25) is 10.2 Å². The van der Waals surface area contributed by atoms with Crippen molar-refractivity contribution < 1.29 is 4.79 Å². The normalized spacial score (nSPS) is 10.5. The molecular weight excluding hydrogens is 184 g/mol. The first-order chi connectivity index (χ1) is 6.59. The van der Waals surface area contributed by atoms with Crippen molar-refractivity contribution in [1.82, 2.24) is 20.5 Å². The van der Waals surface area contributed by atoms with Gasteiger partial charge in [0.25, 0.3) is 0 Å². The molecule has 0 aliphatic carbocycles. The maximum atomic E-state index is 10.7. The van der Waals surface area contributed by atoms with Crippen molar-refractivity contribution in [2.45, 2.75) is 6.42 Å². The molecule has 1 rings (SSSR count). The molecule has 7 heteroatoms. The number of hydrogen-bond acceptors (Lipinski definition) is 5. The van der Waals surface area contributed by atoms with E-state index in [0.717, 1.165) is 0 Å². The lowest BCUT2D eigenvalue weighted by Gasteiger charge is -2.12. The minimum atomic E-state index is -0.401. The summed E-state index contributed by atoms with van der Waals surface area (Å²) < 4.78 is 0. The number of nitrogens with one attached hydrogen (secondary N) is 3. The van der Waals surface area contributed by atoms with E-state index in [2.05, 4.69) is 20.9 Å². The van der Waals surface area contributed by atoms with E-state index >= 15 is 0 Å². The molecule has 78 valence electrons. The number of carbonyl (C=O) groups is 1. The van der Waals surface area contributed by atoms with Gasteiger partial charge in [0, 0.05) is 14.1 Å². The number of carbonyl (C=O) groups excluding carboxylic acids is 1. The number of amides is 1. The van der Waals surface area contributed by atoms with Gasteiger partial charge in [0.1, 0.15) is 0 Å². The molecule has 0 radical (unpaired) electrons. The number of nitrogens with zero attached hydrogens (tertiary/aromatic N) is 2. The zero-order chi connectivity index (χ0) is 10.6. The van der Waals surface area contributed by atoms with Gasteiger partial charge >= 0.3 is 0 Å². The molecule has 1 heterocycles. The summed E-state index contributed by atoms with van der Waals surface area (Å²) in [5, 5.41) is 1.71. The minimum absolute atomic E-state index is 0.136. The Labute approximate surface area is 81.6 Å². The Hall–Kier alpha value is -1.60. The zero-order valence-corrected chi connectivity index (χ0v) is 8.16. The van der Waals surface area contributed by atoms with Gasteiger partial charge in [-0.2, -0.15) is 5.53 Å². The summed E-state index contributed by atoms with van der Waals surface area (Å²) in [5.74, 6) is 0.166. The van der Waals surface area contributed by atoms with Crippen LogP contribution in [0.4, 0.5) is 5.82 Å².